The molecule has 5 nitrogen and oxygen atoms in total. The smallest absolute Gasteiger partial charge is 0.317 e. The largest absolute Gasteiger partial charge is 0.384 e. The molecule has 0 aliphatic carbocycles. The van der Waals surface area contributed by atoms with Crippen molar-refractivity contribution in [1.82, 2.24) is 10.2 Å². The number of amidine groups is 1. The van der Waals surface area contributed by atoms with Crippen LogP contribution in [0, 0.1) is 5.41 Å². The van der Waals surface area contributed by atoms with Gasteiger partial charge in [0.2, 0.25) is 0 Å². The Labute approximate surface area is 114 Å². The number of urea groups is 1. The van der Waals surface area contributed by atoms with Gasteiger partial charge in [0.25, 0.3) is 0 Å². The summed E-state index contributed by atoms with van der Waals surface area (Å²) in [4.78, 5) is 13.4. The predicted molar refractivity (Wildman–Crippen MR) is 77.2 cm³/mol. The number of nitrogens with zero attached hydrogens (tertiary/aromatic N) is 1. The number of hydrogen-bond donors (Lipinski definition) is 3. The highest BCUT2D eigenvalue weighted by Gasteiger charge is 2.08. The molecule has 4 N–H and O–H groups in total. The molecule has 0 heterocycles. The molecule has 0 fully saturated rings. The van der Waals surface area contributed by atoms with Crippen LogP contribution in [0.5, 0.6) is 0 Å². The fourth-order valence-electron chi connectivity index (χ4n) is 1.69. The van der Waals surface area contributed by atoms with Gasteiger partial charge < -0.3 is 16.0 Å². The number of nitrogen functional groups attached to an aromatic ring is 1. The molecule has 2 amide bonds. The van der Waals surface area contributed by atoms with E-state index in [0.717, 1.165) is 18.4 Å². The first-order valence-corrected chi connectivity index (χ1v) is 6.47. The topological polar surface area (TPSA) is 82.2 Å². The van der Waals surface area contributed by atoms with Gasteiger partial charge in [-0.2, -0.15) is 0 Å². The van der Waals surface area contributed by atoms with Crippen molar-refractivity contribution in [2.45, 2.75) is 26.3 Å². The van der Waals surface area contributed by atoms with Crippen LogP contribution in [0.3, 0.4) is 0 Å². The molecule has 0 radical (unpaired) electrons. The molecule has 0 saturated carbocycles. The summed E-state index contributed by atoms with van der Waals surface area (Å²) in [5.41, 5.74) is 7.08. The second-order valence-corrected chi connectivity index (χ2v) is 4.56. The Hall–Kier alpha value is -2.04. The number of carbonyl (C=O) groups is 1. The first-order valence-electron chi connectivity index (χ1n) is 6.47. The van der Waals surface area contributed by atoms with Crippen molar-refractivity contribution in [2.75, 3.05) is 13.6 Å². The zero-order valence-electron chi connectivity index (χ0n) is 11.6. The summed E-state index contributed by atoms with van der Waals surface area (Å²) in [6.45, 7) is 3.29. The summed E-state index contributed by atoms with van der Waals surface area (Å²) in [5, 5.41) is 10.3. The van der Waals surface area contributed by atoms with Gasteiger partial charge in [-0.15, -0.1) is 0 Å². The molecule has 0 saturated heterocycles. The summed E-state index contributed by atoms with van der Waals surface area (Å²) >= 11 is 0. The zero-order chi connectivity index (χ0) is 14.3. The van der Waals surface area contributed by atoms with Crippen LogP contribution in [-0.4, -0.2) is 30.4 Å². The van der Waals surface area contributed by atoms with Crippen molar-refractivity contribution in [3.8, 4) is 0 Å². The Morgan fingerprint density at radius 2 is 2.21 bits per heavy atom. The number of amides is 2. The van der Waals surface area contributed by atoms with Gasteiger partial charge in [0.05, 0.1) is 0 Å². The summed E-state index contributed by atoms with van der Waals surface area (Å²) in [6.07, 6.45) is 2.05. The van der Waals surface area contributed by atoms with E-state index in [9.17, 15) is 4.79 Å². The minimum atomic E-state index is -0.0818. The third-order valence-corrected chi connectivity index (χ3v) is 2.81. The summed E-state index contributed by atoms with van der Waals surface area (Å²) in [7, 11) is 1.75. The minimum Gasteiger partial charge on any atom is -0.384 e. The van der Waals surface area contributed by atoms with Crippen LogP contribution in [0.25, 0.3) is 0 Å². The Morgan fingerprint density at radius 3 is 2.84 bits per heavy atom. The van der Waals surface area contributed by atoms with Crippen molar-refractivity contribution in [3.05, 3.63) is 35.4 Å². The van der Waals surface area contributed by atoms with E-state index in [1.54, 1.807) is 18.0 Å². The van der Waals surface area contributed by atoms with Gasteiger partial charge in [-0.25, -0.2) is 4.79 Å². The number of nitrogens with one attached hydrogen (secondary N) is 2. The quantitative estimate of drug-likeness (QED) is 0.416. The average Bonchev–Trinajstić information content (AvgIpc) is 2.39. The van der Waals surface area contributed by atoms with Gasteiger partial charge in [0, 0.05) is 25.7 Å². The van der Waals surface area contributed by atoms with Crippen LogP contribution in [0.1, 0.15) is 30.9 Å². The highest BCUT2D eigenvalue weighted by Crippen LogP contribution is 2.07. The van der Waals surface area contributed by atoms with E-state index in [2.05, 4.69) is 12.2 Å². The standard InChI is InChI=1S/C14H22N4O/c1-3-4-8-17-14(19)18(2)10-11-6-5-7-12(9-11)13(15)16/h5-7,9H,3-4,8,10H2,1-2H3,(H3,15,16)(H,17,19). The lowest BCUT2D eigenvalue weighted by atomic mass is 10.1. The number of nitrogens with two attached hydrogens (primary N) is 1. The van der Waals surface area contributed by atoms with E-state index >= 15 is 0 Å². The van der Waals surface area contributed by atoms with Gasteiger partial charge in [-0.1, -0.05) is 31.5 Å². The number of benzene rings is 1. The molecule has 1 aromatic rings. The molecule has 104 valence electrons. The third-order valence-electron chi connectivity index (χ3n) is 2.81. The van der Waals surface area contributed by atoms with Crippen LogP contribution < -0.4 is 11.1 Å². The number of carbonyl (C=O) groups excluding carboxylic acids is 1. The van der Waals surface area contributed by atoms with Gasteiger partial charge in [-0.3, -0.25) is 5.41 Å². The van der Waals surface area contributed by atoms with Crippen LogP contribution in [0.2, 0.25) is 0 Å². The van der Waals surface area contributed by atoms with Crippen LogP contribution >= 0.6 is 0 Å². The van der Waals surface area contributed by atoms with Gasteiger partial charge in [-0.05, 0) is 18.1 Å². The first-order chi connectivity index (χ1) is 9.04. The molecule has 1 aromatic carbocycles. The normalized spacial score (nSPS) is 10.0. The summed E-state index contributed by atoms with van der Waals surface area (Å²) < 4.78 is 0. The van der Waals surface area contributed by atoms with Gasteiger partial charge in [0.15, 0.2) is 0 Å². The SMILES string of the molecule is CCCCNC(=O)N(C)Cc1cccc(C(=N)N)c1. The molecule has 19 heavy (non-hydrogen) atoms. The molecule has 0 aliphatic heterocycles. The lowest BCUT2D eigenvalue weighted by Crippen LogP contribution is -2.37. The van der Waals surface area contributed by atoms with Crippen molar-refractivity contribution in [2.24, 2.45) is 5.73 Å². The second kappa shape index (κ2) is 7.41. The molecule has 1 rings (SSSR count). The first kappa shape index (κ1) is 15.0. The Balaban J connectivity index is 2.56. The van der Waals surface area contributed by atoms with Gasteiger partial charge >= 0.3 is 6.03 Å². The summed E-state index contributed by atoms with van der Waals surface area (Å²) in [5.74, 6) is 0.0388. The third kappa shape index (κ3) is 4.99. The van der Waals surface area contributed by atoms with Crippen molar-refractivity contribution < 1.29 is 4.79 Å². The molecule has 0 bridgehead atoms. The molecule has 0 aromatic heterocycles. The minimum absolute atomic E-state index is 0.0388. The maximum Gasteiger partial charge on any atom is 0.317 e. The Bertz CT molecular complexity index is 445. The molecular weight excluding hydrogens is 240 g/mol. The van der Waals surface area contributed by atoms with E-state index < -0.39 is 0 Å². The molecule has 0 atom stereocenters. The Kier molecular flexibility index (Phi) is 5.85. The Morgan fingerprint density at radius 1 is 1.47 bits per heavy atom. The maximum absolute atomic E-state index is 11.8. The highest BCUT2D eigenvalue weighted by atomic mass is 16.2. The molecular formula is C14H22N4O. The number of rotatable bonds is 6. The van der Waals surface area contributed by atoms with E-state index in [0.29, 0.717) is 18.7 Å². The van der Waals surface area contributed by atoms with Crippen LogP contribution in [0.15, 0.2) is 24.3 Å². The van der Waals surface area contributed by atoms with Gasteiger partial charge in [0.1, 0.15) is 5.84 Å². The molecule has 0 unspecified atom stereocenters. The number of unbranched alkanes of at least 4 members (excludes halogenated alkanes) is 1. The van der Waals surface area contributed by atoms with E-state index in [1.165, 1.54) is 0 Å². The predicted octanol–water partition coefficient (Wildman–Crippen LogP) is 1.91. The van der Waals surface area contributed by atoms with Crippen molar-refractivity contribution >= 4 is 11.9 Å². The number of hydrogen-bond acceptors (Lipinski definition) is 2. The average molecular weight is 262 g/mol. The molecule has 0 spiro atoms. The lowest BCUT2D eigenvalue weighted by molar-refractivity contribution is 0.207. The van der Waals surface area contributed by atoms with E-state index in [4.69, 9.17) is 11.1 Å². The summed E-state index contributed by atoms with van der Waals surface area (Å²) in [6, 6.07) is 7.30. The van der Waals surface area contributed by atoms with Crippen molar-refractivity contribution in [1.29, 1.82) is 5.41 Å². The van der Waals surface area contributed by atoms with Crippen LogP contribution in [-0.2, 0) is 6.54 Å². The highest BCUT2D eigenvalue weighted by molar-refractivity contribution is 5.95. The lowest BCUT2D eigenvalue weighted by Gasteiger charge is -2.18. The monoisotopic (exact) mass is 262 g/mol. The molecule has 5 heteroatoms. The molecule has 0 aliphatic rings. The fraction of sp³-hybridized carbons (Fsp3) is 0.429. The van der Waals surface area contributed by atoms with E-state index in [-0.39, 0.29) is 11.9 Å². The maximum atomic E-state index is 11.8. The zero-order valence-corrected chi connectivity index (χ0v) is 11.6. The van der Waals surface area contributed by atoms with E-state index in [1.807, 2.05) is 18.2 Å². The fourth-order valence-corrected chi connectivity index (χ4v) is 1.69. The second-order valence-electron chi connectivity index (χ2n) is 4.56. The van der Waals surface area contributed by atoms with Crippen molar-refractivity contribution in [3.63, 3.8) is 0 Å². The van der Waals surface area contributed by atoms with Crippen LogP contribution in [0.4, 0.5) is 4.79 Å².